The molecule has 0 saturated carbocycles. The van der Waals surface area contributed by atoms with Crippen LogP contribution in [0.1, 0.15) is 23.0 Å². The third-order valence-corrected chi connectivity index (χ3v) is 3.31. The zero-order valence-electron chi connectivity index (χ0n) is 11.5. The summed E-state index contributed by atoms with van der Waals surface area (Å²) in [5.41, 5.74) is 2.15. The lowest BCUT2D eigenvalue weighted by molar-refractivity contribution is 0.0996. The van der Waals surface area contributed by atoms with Gasteiger partial charge in [-0.2, -0.15) is 0 Å². The van der Waals surface area contributed by atoms with Crippen LogP contribution in [-0.2, 0) is 6.42 Å². The summed E-state index contributed by atoms with van der Waals surface area (Å²) in [6.45, 7) is 2.00. The van der Waals surface area contributed by atoms with E-state index in [0.717, 1.165) is 17.4 Å². The summed E-state index contributed by atoms with van der Waals surface area (Å²) in [6.07, 6.45) is 2.22. The molecule has 3 rings (SSSR count). The number of furan rings is 1. The topological polar surface area (TPSA) is 75.1 Å². The van der Waals surface area contributed by atoms with E-state index in [1.807, 2.05) is 13.0 Å². The van der Waals surface area contributed by atoms with Crippen LogP contribution in [0.2, 0.25) is 0 Å². The number of amides is 1. The Morgan fingerprint density at radius 1 is 1.29 bits per heavy atom. The highest BCUT2D eigenvalue weighted by Crippen LogP contribution is 2.20. The van der Waals surface area contributed by atoms with Gasteiger partial charge in [0, 0.05) is 17.1 Å². The predicted molar refractivity (Wildman–Crippen MR) is 80.6 cm³/mol. The van der Waals surface area contributed by atoms with Gasteiger partial charge in [-0.05, 0) is 36.2 Å². The van der Waals surface area contributed by atoms with Crippen molar-refractivity contribution in [3.63, 3.8) is 0 Å². The maximum absolute atomic E-state index is 11.9. The SMILES string of the molecule is CCc1cc(=O)[nH]c2cc(NC(=O)c3ccco3)ccc12. The smallest absolute Gasteiger partial charge is 0.291 e. The number of carbonyl (C=O) groups excluding carboxylic acids is 1. The first kappa shape index (κ1) is 13.2. The fraction of sp³-hybridized carbons (Fsp3) is 0.125. The quantitative estimate of drug-likeness (QED) is 0.775. The fourth-order valence-electron chi connectivity index (χ4n) is 2.30. The lowest BCUT2D eigenvalue weighted by Gasteiger charge is -2.07. The number of aromatic amines is 1. The van der Waals surface area contributed by atoms with Crippen LogP contribution in [0.3, 0.4) is 0 Å². The van der Waals surface area contributed by atoms with Gasteiger partial charge in [-0.3, -0.25) is 9.59 Å². The van der Waals surface area contributed by atoms with Crippen molar-refractivity contribution in [2.45, 2.75) is 13.3 Å². The predicted octanol–water partition coefficient (Wildman–Crippen LogP) is 2.94. The van der Waals surface area contributed by atoms with Crippen molar-refractivity contribution in [2.24, 2.45) is 0 Å². The zero-order valence-corrected chi connectivity index (χ0v) is 11.5. The first-order valence-electron chi connectivity index (χ1n) is 6.68. The Bertz CT molecular complexity index is 848. The Morgan fingerprint density at radius 3 is 2.86 bits per heavy atom. The minimum atomic E-state index is -0.326. The Morgan fingerprint density at radius 2 is 2.14 bits per heavy atom. The molecule has 1 amide bonds. The number of aromatic nitrogens is 1. The molecule has 2 aromatic heterocycles. The van der Waals surface area contributed by atoms with Gasteiger partial charge in [0.15, 0.2) is 5.76 Å². The molecule has 21 heavy (non-hydrogen) atoms. The molecule has 2 heterocycles. The van der Waals surface area contributed by atoms with E-state index >= 15 is 0 Å². The van der Waals surface area contributed by atoms with Crippen molar-refractivity contribution in [1.82, 2.24) is 4.98 Å². The normalized spacial score (nSPS) is 10.7. The van der Waals surface area contributed by atoms with Gasteiger partial charge in [0.05, 0.1) is 11.8 Å². The summed E-state index contributed by atoms with van der Waals surface area (Å²) in [7, 11) is 0. The van der Waals surface area contributed by atoms with Gasteiger partial charge in [-0.15, -0.1) is 0 Å². The Kier molecular flexibility index (Phi) is 3.31. The van der Waals surface area contributed by atoms with Crippen LogP contribution >= 0.6 is 0 Å². The van der Waals surface area contributed by atoms with E-state index in [1.165, 1.54) is 6.26 Å². The summed E-state index contributed by atoms with van der Waals surface area (Å²) >= 11 is 0. The molecule has 0 fully saturated rings. The van der Waals surface area contributed by atoms with E-state index < -0.39 is 0 Å². The molecular weight excluding hydrogens is 268 g/mol. The summed E-state index contributed by atoms with van der Waals surface area (Å²) in [5, 5.41) is 3.72. The first-order valence-corrected chi connectivity index (χ1v) is 6.68. The standard InChI is InChI=1S/C16H14N2O3/c1-2-10-8-15(19)18-13-9-11(5-6-12(10)13)17-16(20)14-4-3-7-21-14/h3-9H,2H2,1H3,(H,17,20)(H,18,19). The number of rotatable bonds is 3. The highest BCUT2D eigenvalue weighted by Gasteiger charge is 2.09. The fourth-order valence-corrected chi connectivity index (χ4v) is 2.30. The largest absolute Gasteiger partial charge is 0.459 e. The van der Waals surface area contributed by atoms with Crippen LogP contribution in [0.15, 0.2) is 51.9 Å². The Hall–Kier alpha value is -2.82. The average Bonchev–Trinajstić information content (AvgIpc) is 3.00. The van der Waals surface area contributed by atoms with Gasteiger partial charge in [0.2, 0.25) is 5.56 Å². The highest BCUT2D eigenvalue weighted by atomic mass is 16.3. The molecule has 3 aromatic rings. The third kappa shape index (κ3) is 2.58. The second-order valence-electron chi connectivity index (χ2n) is 4.70. The maximum atomic E-state index is 11.9. The van der Waals surface area contributed by atoms with Crippen LogP contribution in [0, 0.1) is 0 Å². The van der Waals surface area contributed by atoms with Crippen molar-refractivity contribution in [3.05, 3.63) is 64.3 Å². The monoisotopic (exact) mass is 282 g/mol. The lowest BCUT2D eigenvalue weighted by Crippen LogP contribution is -2.11. The molecule has 5 heteroatoms. The minimum Gasteiger partial charge on any atom is -0.459 e. The second kappa shape index (κ2) is 5.28. The molecular formula is C16H14N2O3. The van der Waals surface area contributed by atoms with Crippen LogP contribution in [0.25, 0.3) is 10.9 Å². The van der Waals surface area contributed by atoms with Crippen molar-refractivity contribution >= 4 is 22.5 Å². The van der Waals surface area contributed by atoms with Gasteiger partial charge in [0.1, 0.15) is 0 Å². The summed E-state index contributed by atoms with van der Waals surface area (Å²) in [5.74, 6) is -0.0840. The van der Waals surface area contributed by atoms with Crippen LogP contribution in [-0.4, -0.2) is 10.9 Å². The molecule has 0 unspecified atom stereocenters. The summed E-state index contributed by atoms with van der Waals surface area (Å²) in [6, 6.07) is 10.3. The van der Waals surface area contributed by atoms with Gasteiger partial charge >= 0.3 is 0 Å². The Balaban J connectivity index is 1.98. The van der Waals surface area contributed by atoms with Gasteiger partial charge < -0.3 is 14.7 Å². The maximum Gasteiger partial charge on any atom is 0.291 e. The van der Waals surface area contributed by atoms with Gasteiger partial charge in [-0.1, -0.05) is 13.0 Å². The number of anilines is 1. The zero-order chi connectivity index (χ0) is 14.8. The number of aryl methyl sites for hydroxylation is 1. The van der Waals surface area contributed by atoms with Crippen molar-refractivity contribution in [2.75, 3.05) is 5.32 Å². The average molecular weight is 282 g/mol. The molecule has 5 nitrogen and oxygen atoms in total. The number of nitrogens with one attached hydrogen (secondary N) is 2. The molecule has 0 radical (unpaired) electrons. The molecule has 1 aromatic carbocycles. The minimum absolute atomic E-state index is 0.145. The van der Waals surface area contributed by atoms with Crippen LogP contribution < -0.4 is 10.9 Å². The second-order valence-corrected chi connectivity index (χ2v) is 4.70. The molecule has 0 spiro atoms. The third-order valence-electron chi connectivity index (χ3n) is 3.31. The van der Waals surface area contributed by atoms with E-state index in [2.05, 4.69) is 10.3 Å². The lowest BCUT2D eigenvalue weighted by atomic mass is 10.1. The number of hydrogen-bond donors (Lipinski definition) is 2. The first-order chi connectivity index (χ1) is 10.2. The van der Waals surface area contributed by atoms with Crippen LogP contribution in [0.4, 0.5) is 5.69 Å². The van der Waals surface area contributed by atoms with Crippen molar-refractivity contribution in [3.8, 4) is 0 Å². The van der Waals surface area contributed by atoms with E-state index in [4.69, 9.17) is 4.42 Å². The van der Waals surface area contributed by atoms with Crippen LogP contribution in [0.5, 0.6) is 0 Å². The summed E-state index contributed by atoms with van der Waals surface area (Å²) < 4.78 is 5.04. The van der Waals surface area contributed by atoms with E-state index in [9.17, 15) is 9.59 Å². The number of pyridine rings is 1. The number of carbonyl (C=O) groups is 1. The van der Waals surface area contributed by atoms with Gasteiger partial charge in [-0.25, -0.2) is 0 Å². The van der Waals surface area contributed by atoms with Crippen molar-refractivity contribution < 1.29 is 9.21 Å². The molecule has 106 valence electrons. The molecule has 2 N–H and O–H groups in total. The number of benzene rings is 1. The highest BCUT2D eigenvalue weighted by molar-refractivity contribution is 6.03. The van der Waals surface area contributed by atoms with E-state index in [-0.39, 0.29) is 17.2 Å². The molecule has 0 bridgehead atoms. The summed E-state index contributed by atoms with van der Waals surface area (Å²) in [4.78, 5) is 26.3. The van der Waals surface area contributed by atoms with E-state index in [0.29, 0.717) is 11.2 Å². The van der Waals surface area contributed by atoms with Crippen molar-refractivity contribution in [1.29, 1.82) is 0 Å². The van der Waals surface area contributed by atoms with E-state index in [1.54, 1.807) is 30.3 Å². The van der Waals surface area contributed by atoms with Gasteiger partial charge in [0.25, 0.3) is 5.91 Å². The molecule has 0 aliphatic heterocycles. The molecule has 0 aliphatic rings. The molecule has 0 aliphatic carbocycles. The Labute approximate surface area is 120 Å². The number of H-pyrrole nitrogens is 1. The molecule has 0 atom stereocenters. The number of fused-ring (bicyclic) bond motifs is 1. The molecule has 0 saturated heterocycles. The number of hydrogen-bond acceptors (Lipinski definition) is 3.